The third-order valence-electron chi connectivity index (χ3n) is 2.41. The number of ether oxygens (including phenoxy) is 1. The maximum atomic E-state index is 13.1. The van der Waals surface area contributed by atoms with E-state index >= 15 is 0 Å². The topological polar surface area (TPSA) is 48.1 Å². The van der Waals surface area contributed by atoms with E-state index in [4.69, 9.17) is 10.5 Å². The lowest BCUT2D eigenvalue weighted by Gasteiger charge is -2.10. The Morgan fingerprint density at radius 2 is 1.94 bits per heavy atom. The average molecular weight is 232 g/mol. The number of nitrogens with zero attached hydrogens (tertiary/aromatic N) is 1. The van der Waals surface area contributed by atoms with Crippen LogP contribution in [0.1, 0.15) is 11.1 Å². The molecule has 88 valence electrons. The normalized spacial score (nSPS) is 10.3. The minimum absolute atomic E-state index is 0.335. The maximum absolute atomic E-state index is 13.1. The molecule has 0 unspecified atom stereocenters. The molecule has 0 spiro atoms. The number of anilines is 1. The van der Waals surface area contributed by atoms with Crippen molar-refractivity contribution in [2.45, 2.75) is 13.8 Å². The summed E-state index contributed by atoms with van der Waals surface area (Å²) in [6.45, 7) is 3.69. The van der Waals surface area contributed by atoms with Crippen LogP contribution in [-0.4, -0.2) is 4.98 Å². The van der Waals surface area contributed by atoms with Gasteiger partial charge in [-0.05, 0) is 31.5 Å². The summed E-state index contributed by atoms with van der Waals surface area (Å²) in [5.41, 5.74) is 7.84. The number of nitrogens with two attached hydrogens (primary N) is 1. The average Bonchev–Trinajstić information content (AvgIpc) is 2.27. The summed E-state index contributed by atoms with van der Waals surface area (Å²) in [7, 11) is 0. The molecule has 0 atom stereocenters. The number of nitrogen functional groups attached to an aromatic ring is 1. The molecule has 0 aliphatic heterocycles. The maximum Gasteiger partial charge on any atom is 0.222 e. The Morgan fingerprint density at radius 3 is 2.65 bits per heavy atom. The van der Waals surface area contributed by atoms with Gasteiger partial charge in [-0.3, -0.25) is 0 Å². The molecule has 1 aromatic carbocycles. The third-order valence-corrected chi connectivity index (χ3v) is 2.41. The monoisotopic (exact) mass is 232 g/mol. The lowest BCUT2D eigenvalue weighted by atomic mass is 10.2. The van der Waals surface area contributed by atoms with E-state index in [1.54, 1.807) is 12.1 Å². The Bertz CT molecular complexity index is 555. The summed E-state index contributed by atoms with van der Waals surface area (Å²) < 4.78 is 18.7. The number of halogens is 1. The summed E-state index contributed by atoms with van der Waals surface area (Å²) in [4.78, 5) is 4.07. The van der Waals surface area contributed by atoms with Gasteiger partial charge in [-0.15, -0.1) is 0 Å². The molecule has 3 nitrogen and oxygen atoms in total. The minimum Gasteiger partial charge on any atom is -0.438 e. The van der Waals surface area contributed by atoms with E-state index in [1.807, 2.05) is 13.8 Å². The first-order valence-corrected chi connectivity index (χ1v) is 5.22. The molecule has 2 rings (SSSR count). The van der Waals surface area contributed by atoms with Crippen molar-refractivity contribution >= 4 is 5.69 Å². The Hall–Kier alpha value is -2.10. The fourth-order valence-electron chi connectivity index (χ4n) is 1.48. The van der Waals surface area contributed by atoms with Gasteiger partial charge < -0.3 is 10.5 Å². The van der Waals surface area contributed by atoms with E-state index in [0.717, 1.165) is 11.1 Å². The lowest BCUT2D eigenvalue weighted by Crippen LogP contribution is -1.95. The van der Waals surface area contributed by atoms with Crippen molar-refractivity contribution in [2.24, 2.45) is 0 Å². The summed E-state index contributed by atoms with van der Waals surface area (Å²) in [5.74, 6) is 0.567. The number of hydrogen-bond acceptors (Lipinski definition) is 3. The van der Waals surface area contributed by atoms with E-state index in [2.05, 4.69) is 4.98 Å². The van der Waals surface area contributed by atoms with Crippen LogP contribution >= 0.6 is 0 Å². The zero-order valence-electron chi connectivity index (χ0n) is 9.70. The van der Waals surface area contributed by atoms with Gasteiger partial charge in [0.05, 0.1) is 11.9 Å². The first kappa shape index (κ1) is 11.4. The van der Waals surface area contributed by atoms with Crippen LogP contribution in [0.5, 0.6) is 11.6 Å². The number of pyridine rings is 1. The molecule has 0 aliphatic carbocycles. The molecule has 0 saturated heterocycles. The van der Waals surface area contributed by atoms with E-state index < -0.39 is 0 Å². The van der Waals surface area contributed by atoms with E-state index in [9.17, 15) is 4.39 Å². The summed E-state index contributed by atoms with van der Waals surface area (Å²) in [5, 5.41) is 0. The van der Waals surface area contributed by atoms with Crippen LogP contribution in [0.25, 0.3) is 0 Å². The van der Waals surface area contributed by atoms with Crippen LogP contribution in [0.15, 0.2) is 30.5 Å². The quantitative estimate of drug-likeness (QED) is 0.864. The van der Waals surface area contributed by atoms with Crippen molar-refractivity contribution in [3.8, 4) is 11.6 Å². The molecule has 2 aromatic rings. The molecule has 0 bridgehead atoms. The van der Waals surface area contributed by atoms with Crippen molar-refractivity contribution < 1.29 is 9.13 Å². The highest BCUT2D eigenvalue weighted by Crippen LogP contribution is 2.27. The molecule has 4 heteroatoms. The standard InChI is InChI=1S/C13H13FN2O/c1-8-3-4-10(14)6-12(8)17-13-9(2)5-11(15)7-16-13/h3-7H,15H2,1-2H3. The van der Waals surface area contributed by atoms with E-state index in [-0.39, 0.29) is 5.82 Å². The highest BCUT2D eigenvalue weighted by Gasteiger charge is 2.07. The van der Waals surface area contributed by atoms with Gasteiger partial charge in [0.15, 0.2) is 0 Å². The second-order valence-corrected chi connectivity index (χ2v) is 3.90. The summed E-state index contributed by atoms with van der Waals surface area (Å²) in [6, 6.07) is 6.16. The molecule has 0 saturated carbocycles. The Kier molecular flexibility index (Phi) is 2.95. The first-order valence-electron chi connectivity index (χ1n) is 5.22. The molecular weight excluding hydrogens is 219 g/mol. The fraction of sp³-hybridized carbons (Fsp3) is 0.154. The molecule has 0 aliphatic rings. The predicted molar refractivity (Wildman–Crippen MR) is 64.6 cm³/mol. The van der Waals surface area contributed by atoms with Gasteiger partial charge >= 0.3 is 0 Å². The molecule has 1 heterocycles. The Labute approximate surface area is 99.1 Å². The lowest BCUT2D eigenvalue weighted by molar-refractivity contribution is 0.451. The first-order chi connectivity index (χ1) is 8.06. The van der Waals surface area contributed by atoms with Gasteiger partial charge in [-0.1, -0.05) is 6.07 Å². The van der Waals surface area contributed by atoms with Gasteiger partial charge in [0, 0.05) is 11.6 Å². The molecule has 17 heavy (non-hydrogen) atoms. The van der Waals surface area contributed by atoms with E-state index in [0.29, 0.717) is 17.3 Å². The number of aryl methyl sites for hydroxylation is 2. The van der Waals surface area contributed by atoms with Crippen molar-refractivity contribution in [2.75, 3.05) is 5.73 Å². The minimum atomic E-state index is -0.335. The number of benzene rings is 1. The molecule has 1 aromatic heterocycles. The molecule has 0 radical (unpaired) electrons. The predicted octanol–water partition coefficient (Wildman–Crippen LogP) is 3.21. The van der Waals surface area contributed by atoms with Gasteiger partial charge in [0.25, 0.3) is 0 Å². The van der Waals surface area contributed by atoms with Crippen LogP contribution in [0.2, 0.25) is 0 Å². The van der Waals surface area contributed by atoms with Gasteiger partial charge in [-0.25, -0.2) is 9.37 Å². The Morgan fingerprint density at radius 1 is 1.18 bits per heavy atom. The summed E-state index contributed by atoms with van der Waals surface area (Å²) in [6.07, 6.45) is 1.51. The van der Waals surface area contributed by atoms with Gasteiger partial charge in [0.2, 0.25) is 5.88 Å². The molecule has 2 N–H and O–H groups in total. The van der Waals surface area contributed by atoms with Crippen LogP contribution in [0.4, 0.5) is 10.1 Å². The van der Waals surface area contributed by atoms with Crippen molar-refractivity contribution in [1.29, 1.82) is 0 Å². The molecular formula is C13H13FN2O. The van der Waals surface area contributed by atoms with Gasteiger partial charge in [0.1, 0.15) is 11.6 Å². The second-order valence-electron chi connectivity index (χ2n) is 3.90. The van der Waals surface area contributed by atoms with Crippen LogP contribution in [0, 0.1) is 19.7 Å². The zero-order chi connectivity index (χ0) is 12.4. The van der Waals surface area contributed by atoms with Crippen molar-refractivity contribution in [1.82, 2.24) is 4.98 Å². The van der Waals surface area contributed by atoms with Crippen molar-refractivity contribution in [3.63, 3.8) is 0 Å². The van der Waals surface area contributed by atoms with Crippen LogP contribution < -0.4 is 10.5 Å². The number of rotatable bonds is 2. The zero-order valence-corrected chi connectivity index (χ0v) is 9.70. The van der Waals surface area contributed by atoms with Gasteiger partial charge in [-0.2, -0.15) is 0 Å². The summed E-state index contributed by atoms with van der Waals surface area (Å²) >= 11 is 0. The second kappa shape index (κ2) is 4.41. The highest BCUT2D eigenvalue weighted by molar-refractivity contribution is 5.44. The van der Waals surface area contributed by atoms with Crippen molar-refractivity contribution in [3.05, 3.63) is 47.4 Å². The number of hydrogen-bond donors (Lipinski definition) is 1. The van der Waals surface area contributed by atoms with Crippen LogP contribution in [0.3, 0.4) is 0 Å². The smallest absolute Gasteiger partial charge is 0.222 e. The highest BCUT2D eigenvalue weighted by atomic mass is 19.1. The molecule has 0 fully saturated rings. The number of aromatic nitrogens is 1. The third kappa shape index (κ3) is 2.53. The fourth-order valence-corrected chi connectivity index (χ4v) is 1.48. The SMILES string of the molecule is Cc1ccc(F)cc1Oc1ncc(N)cc1C. The Balaban J connectivity index is 2.34. The molecule has 0 amide bonds. The largest absolute Gasteiger partial charge is 0.438 e. The van der Waals surface area contributed by atoms with Crippen LogP contribution in [-0.2, 0) is 0 Å². The van der Waals surface area contributed by atoms with E-state index in [1.165, 1.54) is 18.3 Å².